The molecule has 17 heavy (non-hydrogen) atoms. The second kappa shape index (κ2) is 5.98. The molecule has 0 aliphatic carbocycles. The molecule has 1 N–H and O–H groups in total. The van der Waals surface area contributed by atoms with Crippen LogP contribution < -0.4 is 5.32 Å². The standard InChI is InChI=1S/C12H14FNO3/c1-3-17-12(16)11(15)14-8(2)9-4-6-10(13)7-5-9/h4-8H,3H2,1-2H3,(H,14,15). The van der Waals surface area contributed by atoms with Crippen LogP contribution in [0.5, 0.6) is 0 Å². The normalized spacial score (nSPS) is 11.7. The average molecular weight is 239 g/mol. The molecule has 0 radical (unpaired) electrons. The lowest BCUT2D eigenvalue weighted by molar-refractivity contribution is -0.154. The average Bonchev–Trinajstić information content (AvgIpc) is 2.30. The molecule has 4 nitrogen and oxygen atoms in total. The Balaban J connectivity index is 2.60. The fourth-order valence-corrected chi connectivity index (χ4v) is 1.29. The second-order valence-corrected chi connectivity index (χ2v) is 3.47. The van der Waals surface area contributed by atoms with Crippen molar-refractivity contribution >= 4 is 11.9 Å². The van der Waals surface area contributed by atoms with Gasteiger partial charge >= 0.3 is 11.9 Å². The van der Waals surface area contributed by atoms with Crippen LogP contribution in [0, 0.1) is 5.82 Å². The molecule has 0 bridgehead atoms. The van der Waals surface area contributed by atoms with Crippen LogP contribution >= 0.6 is 0 Å². The zero-order chi connectivity index (χ0) is 12.8. The van der Waals surface area contributed by atoms with Crippen molar-refractivity contribution in [3.05, 3.63) is 35.6 Å². The Morgan fingerprint density at radius 2 is 1.94 bits per heavy atom. The number of rotatable bonds is 3. The number of benzene rings is 1. The first-order chi connectivity index (χ1) is 8.04. The monoisotopic (exact) mass is 239 g/mol. The minimum absolute atomic E-state index is 0.150. The number of amides is 1. The summed E-state index contributed by atoms with van der Waals surface area (Å²) >= 11 is 0. The fourth-order valence-electron chi connectivity index (χ4n) is 1.29. The highest BCUT2D eigenvalue weighted by atomic mass is 19.1. The van der Waals surface area contributed by atoms with Crippen LogP contribution in [-0.2, 0) is 14.3 Å². The van der Waals surface area contributed by atoms with E-state index in [1.807, 2.05) is 0 Å². The summed E-state index contributed by atoms with van der Waals surface area (Å²) in [6, 6.07) is 5.30. The van der Waals surface area contributed by atoms with E-state index in [0.717, 1.165) is 0 Å². The predicted octanol–water partition coefficient (Wildman–Crippen LogP) is 1.57. The van der Waals surface area contributed by atoms with Gasteiger partial charge in [0.05, 0.1) is 12.6 Å². The summed E-state index contributed by atoms with van der Waals surface area (Å²) in [5, 5.41) is 2.46. The molecule has 1 aromatic carbocycles. The molecule has 1 atom stereocenters. The number of carbonyl (C=O) groups is 2. The molecule has 0 aromatic heterocycles. The first-order valence-electron chi connectivity index (χ1n) is 5.27. The largest absolute Gasteiger partial charge is 0.459 e. The Labute approximate surface area is 98.8 Å². The molecule has 0 aliphatic rings. The lowest BCUT2D eigenvalue weighted by Crippen LogP contribution is -2.34. The SMILES string of the molecule is CCOC(=O)C(=O)NC(C)c1ccc(F)cc1. The van der Waals surface area contributed by atoms with Gasteiger partial charge in [0.25, 0.3) is 0 Å². The maximum atomic E-state index is 12.7. The Morgan fingerprint density at radius 3 is 2.47 bits per heavy atom. The van der Waals surface area contributed by atoms with Crippen molar-refractivity contribution in [1.29, 1.82) is 0 Å². The molecule has 0 heterocycles. The Hall–Kier alpha value is -1.91. The van der Waals surface area contributed by atoms with E-state index in [1.165, 1.54) is 12.1 Å². The number of esters is 1. The smallest absolute Gasteiger partial charge is 0.396 e. The summed E-state index contributed by atoms with van der Waals surface area (Å²) in [5.74, 6) is -2.07. The lowest BCUT2D eigenvalue weighted by Gasteiger charge is -2.13. The predicted molar refractivity (Wildman–Crippen MR) is 59.6 cm³/mol. The molecule has 0 spiro atoms. The fraction of sp³-hybridized carbons (Fsp3) is 0.333. The minimum Gasteiger partial charge on any atom is -0.459 e. The lowest BCUT2D eigenvalue weighted by atomic mass is 10.1. The van der Waals surface area contributed by atoms with Gasteiger partial charge in [0, 0.05) is 0 Å². The topological polar surface area (TPSA) is 55.4 Å². The molecule has 0 fully saturated rings. The highest BCUT2D eigenvalue weighted by Crippen LogP contribution is 2.12. The molecule has 1 unspecified atom stereocenters. The van der Waals surface area contributed by atoms with Gasteiger partial charge in [0.2, 0.25) is 0 Å². The van der Waals surface area contributed by atoms with Gasteiger partial charge in [-0.3, -0.25) is 4.79 Å². The molecule has 1 rings (SSSR count). The van der Waals surface area contributed by atoms with Crippen molar-refractivity contribution in [2.24, 2.45) is 0 Å². The summed E-state index contributed by atoms with van der Waals surface area (Å²) in [6.45, 7) is 3.47. The molecule has 1 aromatic rings. The van der Waals surface area contributed by atoms with Crippen LogP contribution in [0.15, 0.2) is 24.3 Å². The van der Waals surface area contributed by atoms with Gasteiger partial charge < -0.3 is 10.1 Å². The quantitative estimate of drug-likeness (QED) is 0.643. The van der Waals surface area contributed by atoms with Crippen molar-refractivity contribution in [3.63, 3.8) is 0 Å². The summed E-state index contributed by atoms with van der Waals surface area (Å²) in [7, 11) is 0. The van der Waals surface area contributed by atoms with E-state index in [0.29, 0.717) is 5.56 Å². The van der Waals surface area contributed by atoms with Gasteiger partial charge in [-0.2, -0.15) is 0 Å². The summed E-state index contributed by atoms with van der Waals surface area (Å²) in [5.41, 5.74) is 0.712. The molecule has 1 amide bonds. The maximum Gasteiger partial charge on any atom is 0.396 e. The third-order valence-electron chi connectivity index (χ3n) is 2.18. The molecule has 5 heteroatoms. The van der Waals surface area contributed by atoms with Crippen molar-refractivity contribution in [2.75, 3.05) is 6.61 Å². The molecule has 0 aliphatic heterocycles. The second-order valence-electron chi connectivity index (χ2n) is 3.47. The van der Waals surface area contributed by atoms with Gasteiger partial charge in [-0.1, -0.05) is 12.1 Å². The summed E-state index contributed by atoms with van der Waals surface area (Å²) in [6.07, 6.45) is 0. The van der Waals surface area contributed by atoms with E-state index in [1.54, 1.807) is 26.0 Å². The van der Waals surface area contributed by atoms with E-state index in [2.05, 4.69) is 10.1 Å². The van der Waals surface area contributed by atoms with E-state index in [4.69, 9.17) is 0 Å². The highest BCUT2D eigenvalue weighted by molar-refractivity contribution is 6.32. The van der Waals surface area contributed by atoms with Crippen LogP contribution in [0.1, 0.15) is 25.5 Å². The van der Waals surface area contributed by atoms with Crippen LogP contribution in [0.3, 0.4) is 0 Å². The van der Waals surface area contributed by atoms with Crippen LogP contribution in [-0.4, -0.2) is 18.5 Å². The van der Waals surface area contributed by atoms with Gasteiger partial charge in [-0.15, -0.1) is 0 Å². The molecular formula is C12H14FNO3. The molecular weight excluding hydrogens is 225 g/mol. The Morgan fingerprint density at radius 1 is 1.35 bits per heavy atom. The van der Waals surface area contributed by atoms with Crippen molar-refractivity contribution in [1.82, 2.24) is 5.32 Å². The van der Waals surface area contributed by atoms with Gasteiger partial charge in [-0.25, -0.2) is 9.18 Å². The highest BCUT2D eigenvalue weighted by Gasteiger charge is 2.17. The Kier molecular flexibility index (Phi) is 4.63. The number of hydrogen-bond donors (Lipinski definition) is 1. The number of carbonyl (C=O) groups excluding carboxylic acids is 2. The van der Waals surface area contributed by atoms with E-state index in [-0.39, 0.29) is 18.5 Å². The third-order valence-corrected chi connectivity index (χ3v) is 2.18. The number of hydrogen-bond acceptors (Lipinski definition) is 3. The van der Waals surface area contributed by atoms with Gasteiger partial charge in [0.15, 0.2) is 0 Å². The van der Waals surface area contributed by atoms with Gasteiger partial charge in [-0.05, 0) is 31.5 Å². The zero-order valence-corrected chi connectivity index (χ0v) is 9.70. The van der Waals surface area contributed by atoms with Gasteiger partial charge in [0.1, 0.15) is 5.82 Å². The first kappa shape index (κ1) is 13.2. The summed E-state index contributed by atoms with van der Waals surface area (Å²) in [4.78, 5) is 22.4. The molecule has 0 saturated heterocycles. The minimum atomic E-state index is -0.915. The number of ether oxygens (including phenoxy) is 1. The van der Waals surface area contributed by atoms with E-state index in [9.17, 15) is 14.0 Å². The van der Waals surface area contributed by atoms with Crippen LogP contribution in [0.2, 0.25) is 0 Å². The van der Waals surface area contributed by atoms with Crippen molar-refractivity contribution in [2.45, 2.75) is 19.9 Å². The van der Waals surface area contributed by atoms with Crippen molar-refractivity contribution < 1.29 is 18.7 Å². The summed E-state index contributed by atoms with van der Waals surface area (Å²) < 4.78 is 17.2. The van der Waals surface area contributed by atoms with Crippen LogP contribution in [0.4, 0.5) is 4.39 Å². The van der Waals surface area contributed by atoms with Crippen LogP contribution in [0.25, 0.3) is 0 Å². The molecule has 0 saturated carbocycles. The maximum absolute atomic E-state index is 12.7. The first-order valence-corrected chi connectivity index (χ1v) is 5.27. The Bertz CT molecular complexity index is 403. The number of halogens is 1. The van der Waals surface area contributed by atoms with Crippen molar-refractivity contribution in [3.8, 4) is 0 Å². The van der Waals surface area contributed by atoms with E-state index < -0.39 is 11.9 Å². The molecule has 92 valence electrons. The third kappa shape index (κ3) is 3.86. The van der Waals surface area contributed by atoms with E-state index >= 15 is 0 Å². The zero-order valence-electron chi connectivity index (χ0n) is 9.70. The number of nitrogens with one attached hydrogen (secondary N) is 1.